The highest BCUT2D eigenvalue weighted by Crippen LogP contribution is 2.66. The number of hydrogen-bond donors (Lipinski definition) is 0. The average Bonchev–Trinajstić information content (AvgIpc) is 3.71. The molecule has 0 saturated heterocycles. The van der Waals surface area contributed by atoms with Gasteiger partial charge in [0.1, 0.15) is 0 Å². The molecule has 0 N–H and O–H groups in total. The van der Waals surface area contributed by atoms with Crippen molar-refractivity contribution >= 4 is 0 Å². The van der Waals surface area contributed by atoms with Gasteiger partial charge >= 0.3 is 0 Å². The lowest BCUT2D eigenvalue weighted by atomic mass is 9.51. The van der Waals surface area contributed by atoms with Crippen molar-refractivity contribution in [1.82, 2.24) is 4.90 Å². The van der Waals surface area contributed by atoms with Gasteiger partial charge in [-0.3, -0.25) is 4.90 Å². The molecule has 2 saturated carbocycles. The van der Waals surface area contributed by atoms with E-state index in [0.717, 1.165) is 49.6 Å². The monoisotopic (exact) mass is 535 g/mol. The van der Waals surface area contributed by atoms with E-state index in [2.05, 4.69) is 68.3 Å². The first-order valence-corrected chi connectivity index (χ1v) is 14.9. The Morgan fingerprint density at radius 2 is 1.79 bits per heavy atom. The van der Waals surface area contributed by atoms with Crippen molar-refractivity contribution in [1.29, 1.82) is 0 Å². The lowest BCUT2D eigenvalue weighted by Crippen LogP contribution is -2.76. The third-order valence-electron chi connectivity index (χ3n) is 10.1. The van der Waals surface area contributed by atoms with Gasteiger partial charge in [0, 0.05) is 38.8 Å². The highest BCUT2D eigenvalue weighted by Gasteiger charge is 2.74. The van der Waals surface area contributed by atoms with Crippen molar-refractivity contribution in [2.75, 3.05) is 34.4 Å². The molecule has 1 heterocycles. The van der Waals surface area contributed by atoms with Gasteiger partial charge in [0.05, 0.1) is 24.2 Å². The van der Waals surface area contributed by atoms with Gasteiger partial charge in [0.2, 0.25) is 5.79 Å². The topological polar surface area (TPSA) is 49.4 Å². The van der Waals surface area contributed by atoms with E-state index >= 15 is 0 Å². The number of rotatable bonds is 12. The van der Waals surface area contributed by atoms with Gasteiger partial charge in [0.25, 0.3) is 0 Å². The quantitative estimate of drug-likeness (QED) is 0.250. The van der Waals surface area contributed by atoms with E-state index in [0.29, 0.717) is 19.6 Å². The maximum Gasteiger partial charge on any atom is 0.206 e. The standard InChI is InChI=1S/C33H45NO5/c1-6-7-19-37-26-16-15-25-20-27(34(3)21-23-13-14-23)32(38-22-24-11-9-8-10-12-24)17-18-33(35-4,36-5)30-31(32,2)28(25)29(26)39-30/h8-12,15-16,23,27,30H,6-7,13-14,17-22H2,1-5H3/t27-,30-,31?,32-/m1/s1. The van der Waals surface area contributed by atoms with Crippen LogP contribution in [-0.2, 0) is 32.7 Å². The molecule has 0 bridgehead atoms. The summed E-state index contributed by atoms with van der Waals surface area (Å²) in [5.41, 5.74) is 2.75. The molecule has 2 aromatic carbocycles. The van der Waals surface area contributed by atoms with Crippen LogP contribution in [0.1, 0.15) is 69.1 Å². The summed E-state index contributed by atoms with van der Waals surface area (Å²) in [6.07, 6.45) is 6.82. The fourth-order valence-electron chi connectivity index (χ4n) is 7.82. The maximum atomic E-state index is 7.31. The van der Waals surface area contributed by atoms with Crippen molar-refractivity contribution in [3.05, 3.63) is 59.2 Å². The van der Waals surface area contributed by atoms with Crippen LogP contribution >= 0.6 is 0 Å². The van der Waals surface area contributed by atoms with Gasteiger partial charge in [-0.15, -0.1) is 0 Å². The second-order valence-corrected chi connectivity index (χ2v) is 12.3. The molecule has 2 aromatic rings. The van der Waals surface area contributed by atoms with Gasteiger partial charge in [-0.25, -0.2) is 0 Å². The second kappa shape index (κ2) is 10.4. The van der Waals surface area contributed by atoms with E-state index < -0.39 is 16.8 Å². The molecule has 3 aliphatic carbocycles. The molecule has 1 aliphatic heterocycles. The molecule has 6 nitrogen and oxygen atoms in total. The van der Waals surface area contributed by atoms with Gasteiger partial charge in [0.15, 0.2) is 17.6 Å². The predicted molar refractivity (Wildman–Crippen MR) is 151 cm³/mol. The van der Waals surface area contributed by atoms with Crippen molar-refractivity contribution in [3.63, 3.8) is 0 Å². The normalized spacial score (nSPS) is 30.2. The Morgan fingerprint density at radius 1 is 1.03 bits per heavy atom. The summed E-state index contributed by atoms with van der Waals surface area (Å²) in [5, 5.41) is 0. The molecule has 0 aromatic heterocycles. The zero-order valence-corrected chi connectivity index (χ0v) is 24.3. The lowest BCUT2D eigenvalue weighted by molar-refractivity contribution is -0.317. The first-order chi connectivity index (χ1) is 18.9. The zero-order valence-electron chi connectivity index (χ0n) is 24.3. The third kappa shape index (κ3) is 4.21. The maximum absolute atomic E-state index is 7.31. The summed E-state index contributed by atoms with van der Waals surface area (Å²) in [6, 6.07) is 15.1. The van der Waals surface area contributed by atoms with Crippen LogP contribution in [-0.4, -0.2) is 62.9 Å². The summed E-state index contributed by atoms with van der Waals surface area (Å²) in [5.74, 6) is 1.59. The van der Waals surface area contributed by atoms with Gasteiger partial charge < -0.3 is 23.7 Å². The number of likely N-dealkylation sites (N-methyl/N-ethyl adjacent to an activating group) is 1. The molecule has 39 heavy (non-hydrogen) atoms. The minimum atomic E-state index is -0.873. The molecule has 0 spiro atoms. The van der Waals surface area contributed by atoms with Crippen LogP contribution in [0.4, 0.5) is 0 Å². The number of benzene rings is 2. The molecule has 2 fully saturated rings. The Hall–Kier alpha value is -2.12. The molecule has 212 valence electrons. The van der Waals surface area contributed by atoms with Crippen LogP contribution in [0.5, 0.6) is 11.5 Å². The lowest BCUT2D eigenvalue weighted by Gasteiger charge is -2.62. The average molecular weight is 536 g/mol. The Morgan fingerprint density at radius 3 is 2.49 bits per heavy atom. The number of hydrogen-bond acceptors (Lipinski definition) is 6. The molecule has 6 rings (SSSR count). The van der Waals surface area contributed by atoms with Crippen molar-refractivity contribution in [3.8, 4) is 11.5 Å². The van der Waals surface area contributed by atoms with E-state index in [4.69, 9.17) is 23.7 Å². The molecule has 1 unspecified atom stereocenters. The number of nitrogens with zero attached hydrogens (tertiary/aromatic N) is 1. The molecular weight excluding hydrogens is 490 g/mol. The Kier molecular flexibility index (Phi) is 7.20. The van der Waals surface area contributed by atoms with Crippen molar-refractivity contribution < 1.29 is 23.7 Å². The summed E-state index contributed by atoms with van der Waals surface area (Å²) in [7, 11) is 5.79. The molecule has 4 aliphatic rings. The van der Waals surface area contributed by atoms with Crippen LogP contribution in [0.15, 0.2) is 42.5 Å². The molecular formula is C33H45NO5. The second-order valence-electron chi connectivity index (χ2n) is 12.3. The summed E-state index contributed by atoms with van der Waals surface area (Å²) in [4.78, 5) is 2.59. The van der Waals surface area contributed by atoms with Crippen LogP contribution < -0.4 is 9.47 Å². The molecule has 0 amide bonds. The van der Waals surface area contributed by atoms with Gasteiger partial charge in [-0.1, -0.05) is 49.7 Å². The highest BCUT2D eigenvalue weighted by atomic mass is 16.7. The fourth-order valence-corrected chi connectivity index (χ4v) is 7.82. The van der Waals surface area contributed by atoms with Crippen molar-refractivity contribution in [2.45, 2.75) is 94.3 Å². The summed E-state index contributed by atoms with van der Waals surface area (Å²) in [6.45, 7) is 6.86. The first kappa shape index (κ1) is 27.1. The van der Waals surface area contributed by atoms with Crippen LogP contribution in [0.25, 0.3) is 0 Å². The highest BCUT2D eigenvalue weighted by molar-refractivity contribution is 5.62. The van der Waals surface area contributed by atoms with E-state index in [-0.39, 0.29) is 12.1 Å². The number of unbranched alkanes of at least 4 members (excludes halogenated alkanes) is 1. The summed E-state index contributed by atoms with van der Waals surface area (Å²) < 4.78 is 33.0. The van der Waals surface area contributed by atoms with E-state index in [1.807, 2.05) is 0 Å². The Balaban J connectivity index is 1.50. The molecule has 6 heteroatoms. The van der Waals surface area contributed by atoms with Crippen molar-refractivity contribution in [2.24, 2.45) is 5.92 Å². The fraction of sp³-hybridized carbons (Fsp3) is 0.636. The molecule has 0 radical (unpaired) electrons. The smallest absolute Gasteiger partial charge is 0.206 e. The van der Waals surface area contributed by atoms with Crippen LogP contribution in [0, 0.1) is 5.92 Å². The van der Waals surface area contributed by atoms with E-state index in [9.17, 15) is 0 Å². The summed E-state index contributed by atoms with van der Waals surface area (Å²) >= 11 is 0. The number of methoxy groups -OCH3 is 2. The largest absolute Gasteiger partial charge is 0.490 e. The molecule has 4 atom stereocenters. The van der Waals surface area contributed by atoms with E-state index in [1.165, 1.54) is 29.5 Å². The van der Waals surface area contributed by atoms with Gasteiger partial charge in [-0.05, 0) is 69.2 Å². The van der Waals surface area contributed by atoms with Crippen LogP contribution in [0.2, 0.25) is 0 Å². The minimum absolute atomic E-state index is 0.204. The Bertz CT molecular complexity index is 1160. The predicted octanol–water partition coefficient (Wildman–Crippen LogP) is 5.89. The zero-order chi connectivity index (χ0) is 27.3. The van der Waals surface area contributed by atoms with Crippen LogP contribution in [0.3, 0.4) is 0 Å². The Labute approximate surface area is 233 Å². The van der Waals surface area contributed by atoms with E-state index in [1.54, 1.807) is 14.2 Å². The first-order valence-electron chi connectivity index (χ1n) is 14.9. The minimum Gasteiger partial charge on any atom is -0.490 e. The number of ether oxygens (including phenoxy) is 5. The SMILES string of the molecule is CCCCOc1ccc2c3c1O[C@H]1C(OC)(OC)CC[C@@](OCc4ccccc4)([C@H](N(C)CC4CC4)C2)C31C. The van der Waals surface area contributed by atoms with Gasteiger partial charge in [-0.2, -0.15) is 0 Å². The third-order valence-corrected chi connectivity index (χ3v) is 10.1.